The first-order chi connectivity index (χ1) is 18.7. The second-order valence-corrected chi connectivity index (χ2v) is 11.7. The topological polar surface area (TPSA) is 122 Å². The molecule has 2 aromatic rings. The molecule has 4 rings (SSSR count). The SMILES string of the molecule is CCOC(=O)C1=C(CSc2nc3c(cc2C#N)CCCCC3)OC(N)=C(C#N)[C@H]1c1ccc(C(C)(C)C)cc1. The van der Waals surface area contributed by atoms with E-state index >= 15 is 0 Å². The van der Waals surface area contributed by atoms with E-state index in [0.717, 1.165) is 54.5 Å². The average Bonchev–Trinajstić information content (AvgIpc) is 3.15. The van der Waals surface area contributed by atoms with Crippen molar-refractivity contribution in [1.82, 2.24) is 4.98 Å². The number of allylic oxidation sites excluding steroid dienone is 1. The van der Waals surface area contributed by atoms with Gasteiger partial charge in [-0.2, -0.15) is 10.5 Å². The first kappa shape index (κ1) is 28.3. The van der Waals surface area contributed by atoms with E-state index in [1.165, 1.54) is 11.8 Å². The maximum absolute atomic E-state index is 13.3. The maximum atomic E-state index is 13.3. The van der Waals surface area contributed by atoms with Gasteiger partial charge in [0.15, 0.2) is 0 Å². The number of thioether (sulfide) groups is 1. The lowest BCUT2D eigenvalue weighted by molar-refractivity contribution is -0.139. The van der Waals surface area contributed by atoms with Gasteiger partial charge < -0.3 is 15.2 Å². The minimum atomic E-state index is -0.733. The summed E-state index contributed by atoms with van der Waals surface area (Å²) in [5, 5.41) is 20.4. The minimum Gasteiger partial charge on any atom is -0.463 e. The van der Waals surface area contributed by atoms with Crippen LogP contribution in [0.2, 0.25) is 0 Å². The molecule has 0 radical (unpaired) electrons. The molecule has 1 aliphatic heterocycles. The Hall–Kier alpha value is -3.75. The van der Waals surface area contributed by atoms with Crippen LogP contribution in [-0.4, -0.2) is 23.3 Å². The fraction of sp³-hybridized carbons (Fsp3) is 0.419. The Morgan fingerprint density at radius 2 is 1.87 bits per heavy atom. The van der Waals surface area contributed by atoms with Crippen LogP contribution in [0.25, 0.3) is 0 Å². The number of esters is 1. The summed E-state index contributed by atoms with van der Waals surface area (Å²) in [5.74, 6) is -0.830. The van der Waals surface area contributed by atoms with Gasteiger partial charge in [0.2, 0.25) is 5.88 Å². The number of nitrogens with zero attached hydrogens (tertiary/aromatic N) is 3. The van der Waals surface area contributed by atoms with Gasteiger partial charge in [-0.3, -0.25) is 0 Å². The normalized spacial score (nSPS) is 17.4. The Morgan fingerprint density at radius 1 is 1.15 bits per heavy atom. The number of hydrogen-bond donors (Lipinski definition) is 1. The molecular formula is C31H34N4O3S. The van der Waals surface area contributed by atoms with Crippen molar-refractivity contribution in [2.75, 3.05) is 12.4 Å². The number of rotatable bonds is 6. The van der Waals surface area contributed by atoms with E-state index in [4.69, 9.17) is 20.2 Å². The highest BCUT2D eigenvalue weighted by Gasteiger charge is 2.38. The molecule has 1 atom stereocenters. The molecule has 1 aromatic carbocycles. The Balaban J connectivity index is 1.76. The Morgan fingerprint density at radius 3 is 2.51 bits per heavy atom. The predicted octanol–water partition coefficient (Wildman–Crippen LogP) is 5.94. The van der Waals surface area contributed by atoms with Crippen molar-refractivity contribution in [2.45, 2.75) is 76.2 Å². The molecule has 0 bridgehead atoms. The second-order valence-electron chi connectivity index (χ2n) is 10.8. The van der Waals surface area contributed by atoms with E-state index in [1.807, 2.05) is 30.3 Å². The molecule has 0 spiro atoms. The molecule has 0 unspecified atom stereocenters. The predicted molar refractivity (Wildman–Crippen MR) is 150 cm³/mol. The van der Waals surface area contributed by atoms with Gasteiger partial charge in [0.1, 0.15) is 28.5 Å². The minimum absolute atomic E-state index is 0.0403. The van der Waals surface area contributed by atoms with Crippen LogP contribution in [0.3, 0.4) is 0 Å². The molecule has 1 aliphatic carbocycles. The van der Waals surface area contributed by atoms with E-state index in [2.05, 4.69) is 32.9 Å². The Kier molecular flexibility index (Phi) is 8.67. The number of nitriles is 2. The number of aryl methyl sites for hydroxylation is 2. The third-order valence-corrected chi connectivity index (χ3v) is 8.07. The number of hydrogen-bond acceptors (Lipinski definition) is 8. The molecule has 2 N–H and O–H groups in total. The summed E-state index contributed by atoms with van der Waals surface area (Å²) >= 11 is 1.33. The lowest BCUT2D eigenvalue weighted by Crippen LogP contribution is -2.27. The summed E-state index contributed by atoms with van der Waals surface area (Å²) in [6.45, 7) is 8.28. The summed E-state index contributed by atoms with van der Waals surface area (Å²) in [6.07, 6.45) is 5.13. The van der Waals surface area contributed by atoms with Crippen molar-refractivity contribution in [3.8, 4) is 12.1 Å². The Labute approximate surface area is 234 Å². The van der Waals surface area contributed by atoms with Gasteiger partial charge in [-0.1, -0.05) is 63.2 Å². The highest BCUT2D eigenvalue weighted by molar-refractivity contribution is 7.99. The largest absolute Gasteiger partial charge is 0.463 e. The molecule has 0 saturated carbocycles. The monoisotopic (exact) mass is 542 g/mol. The van der Waals surface area contributed by atoms with Crippen molar-refractivity contribution in [2.24, 2.45) is 5.73 Å². The van der Waals surface area contributed by atoms with Crippen LogP contribution in [0.1, 0.15) is 80.8 Å². The lowest BCUT2D eigenvalue weighted by Gasteiger charge is -2.28. The highest BCUT2D eigenvalue weighted by atomic mass is 32.2. The van der Waals surface area contributed by atoms with Crippen LogP contribution in [0.5, 0.6) is 0 Å². The molecule has 8 heteroatoms. The first-order valence-electron chi connectivity index (χ1n) is 13.3. The van der Waals surface area contributed by atoms with Crippen LogP contribution in [-0.2, 0) is 32.5 Å². The van der Waals surface area contributed by atoms with E-state index in [1.54, 1.807) is 6.92 Å². The average molecular weight is 543 g/mol. The second kappa shape index (κ2) is 12.0. The summed E-state index contributed by atoms with van der Waals surface area (Å²) in [5.41, 5.74) is 11.1. The van der Waals surface area contributed by atoms with E-state index < -0.39 is 11.9 Å². The molecule has 1 aromatic heterocycles. The van der Waals surface area contributed by atoms with Crippen molar-refractivity contribution in [1.29, 1.82) is 10.5 Å². The van der Waals surface area contributed by atoms with Crippen molar-refractivity contribution < 1.29 is 14.3 Å². The van der Waals surface area contributed by atoms with Gasteiger partial charge in [0.25, 0.3) is 0 Å². The zero-order chi connectivity index (χ0) is 28.2. The highest BCUT2D eigenvalue weighted by Crippen LogP contribution is 2.42. The molecule has 0 amide bonds. The first-order valence-corrected chi connectivity index (χ1v) is 14.3. The molecule has 2 heterocycles. The molecule has 2 aliphatic rings. The number of nitrogens with two attached hydrogens (primary N) is 1. The van der Waals surface area contributed by atoms with Gasteiger partial charge in [0, 0.05) is 5.69 Å². The smallest absolute Gasteiger partial charge is 0.338 e. The number of ether oxygens (including phenoxy) is 2. The van der Waals surface area contributed by atoms with Crippen molar-refractivity contribution in [3.63, 3.8) is 0 Å². The van der Waals surface area contributed by atoms with Gasteiger partial charge in [-0.15, -0.1) is 0 Å². The van der Waals surface area contributed by atoms with Gasteiger partial charge in [-0.25, -0.2) is 9.78 Å². The number of carbonyl (C=O) groups is 1. The molecule has 39 heavy (non-hydrogen) atoms. The number of benzene rings is 1. The van der Waals surface area contributed by atoms with E-state index in [-0.39, 0.29) is 34.8 Å². The molecule has 0 fully saturated rings. The van der Waals surface area contributed by atoms with Crippen LogP contribution < -0.4 is 5.73 Å². The van der Waals surface area contributed by atoms with Crippen LogP contribution in [0, 0.1) is 22.7 Å². The number of pyridine rings is 1. The number of aromatic nitrogens is 1. The summed E-state index contributed by atoms with van der Waals surface area (Å²) in [6, 6.07) is 14.2. The summed E-state index contributed by atoms with van der Waals surface area (Å²) in [7, 11) is 0. The standard InChI is InChI=1S/C31H34N4O3S/c1-5-37-30(36)27-25(18-39-29-21(16-32)15-20-9-7-6-8-10-24(20)35-29)38-28(34)23(17-33)26(27)19-11-13-22(14-12-19)31(2,3)4/h11-15,26H,5-10,18,34H2,1-4H3/t26-/m1/s1. The van der Waals surface area contributed by atoms with Gasteiger partial charge in [-0.05, 0) is 60.8 Å². The zero-order valence-corrected chi connectivity index (χ0v) is 23.8. The maximum Gasteiger partial charge on any atom is 0.338 e. The van der Waals surface area contributed by atoms with Crippen LogP contribution in [0.4, 0.5) is 0 Å². The third-order valence-electron chi connectivity index (χ3n) is 7.08. The molecule has 0 saturated heterocycles. The van der Waals surface area contributed by atoms with E-state index in [9.17, 15) is 15.3 Å². The molecular weight excluding hydrogens is 508 g/mol. The van der Waals surface area contributed by atoms with Crippen LogP contribution in [0.15, 0.2) is 58.1 Å². The molecule has 202 valence electrons. The van der Waals surface area contributed by atoms with Crippen LogP contribution >= 0.6 is 11.8 Å². The Bertz CT molecular complexity index is 1410. The molecule has 7 nitrogen and oxygen atoms in total. The fourth-order valence-corrected chi connectivity index (χ4v) is 5.90. The lowest BCUT2D eigenvalue weighted by atomic mass is 9.80. The number of fused-ring (bicyclic) bond motifs is 1. The zero-order valence-electron chi connectivity index (χ0n) is 23.0. The van der Waals surface area contributed by atoms with E-state index in [0.29, 0.717) is 16.3 Å². The van der Waals surface area contributed by atoms with Gasteiger partial charge in [0.05, 0.1) is 29.4 Å². The third kappa shape index (κ3) is 6.13. The fourth-order valence-electron chi connectivity index (χ4n) is 4.98. The summed E-state index contributed by atoms with van der Waals surface area (Å²) < 4.78 is 11.3. The summed E-state index contributed by atoms with van der Waals surface area (Å²) in [4.78, 5) is 18.2. The number of carbonyl (C=O) groups excluding carboxylic acids is 1. The van der Waals surface area contributed by atoms with Gasteiger partial charge >= 0.3 is 5.97 Å². The quantitative estimate of drug-likeness (QED) is 0.270. The van der Waals surface area contributed by atoms with Crippen molar-refractivity contribution >= 4 is 17.7 Å². The van der Waals surface area contributed by atoms with Crippen molar-refractivity contribution in [3.05, 3.63) is 81.1 Å².